The van der Waals surface area contributed by atoms with Crippen LogP contribution in [0.2, 0.25) is 0 Å². The number of aliphatic hydroxyl groups excluding tert-OH is 1. The Morgan fingerprint density at radius 1 is 1.31 bits per heavy atom. The van der Waals surface area contributed by atoms with E-state index in [1.807, 2.05) is 0 Å². The number of benzene rings is 1. The zero-order valence-electron chi connectivity index (χ0n) is 22.5. The minimum Gasteiger partial charge on any atom is -0.390 e. The molecule has 0 unspecified atom stereocenters. The number of likely N-dealkylation sites (tertiary alicyclic amines) is 1. The van der Waals surface area contributed by atoms with Crippen molar-refractivity contribution < 1.29 is 27.8 Å². The quantitative estimate of drug-likeness (QED) is 0.466. The van der Waals surface area contributed by atoms with Gasteiger partial charge in [0.05, 0.1) is 22.6 Å². The van der Waals surface area contributed by atoms with E-state index < -0.39 is 41.1 Å². The highest BCUT2D eigenvalue weighted by molar-refractivity contribution is 5.89. The second kappa shape index (κ2) is 10.6. The van der Waals surface area contributed by atoms with Crippen molar-refractivity contribution in [2.45, 2.75) is 51.2 Å². The second-order valence-electron chi connectivity index (χ2n) is 9.94. The van der Waals surface area contributed by atoms with E-state index in [1.165, 1.54) is 26.1 Å². The van der Waals surface area contributed by atoms with Crippen molar-refractivity contribution >= 4 is 22.6 Å². The van der Waals surface area contributed by atoms with E-state index in [-0.39, 0.29) is 22.8 Å². The van der Waals surface area contributed by atoms with Crippen LogP contribution in [0.25, 0.3) is 10.9 Å². The number of nitrogens with one attached hydrogen (secondary N) is 1. The number of aliphatic hydroxyl groups is 1. The van der Waals surface area contributed by atoms with Crippen LogP contribution in [0.15, 0.2) is 29.1 Å². The van der Waals surface area contributed by atoms with Crippen LogP contribution >= 0.6 is 0 Å². The first kappa shape index (κ1) is 28.5. The van der Waals surface area contributed by atoms with Crippen LogP contribution in [0.4, 0.5) is 19.0 Å². The highest BCUT2D eigenvalue weighted by atomic mass is 19.3. The number of rotatable bonds is 7. The van der Waals surface area contributed by atoms with Crippen molar-refractivity contribution in [1.82, 2.24) is 19.7 Å². The summed E-state index contributed by atoms with van der Waals surface area (Å²) in [5, 5.41) is 16.8. The maximum absolute atomic E-state index is 15.1. The number of pyridine rings is 1. The smallest absolute Gasteiger partial charge is 0.298 e. The number of methoxy groups -OCH3 is 1. The molecule has 2 aromatic heterocycles. The highest BCUT2D eigenvalue weighted by Gasteiger charge is 2.39. The van der Waals surface area contributed by atoms with Crippen molar-refractivity contribution in [3.05, 3.63) is 62.8 Å². The number of piperidine rings is 1. The largest absolute Gasteiger partial charge is 0.390 e. The number of ether oxygens (including phenoxy) is 1. The number of nitrogens with zero attached hydrogens (tertiary/aromatic N) is 4. The predicted molar refractivity (Wildman–Crippen MR) is 139 cm³/mol. The number of carbonyl (C=O) groups is 1. The summed E-state index contributed by atoms with van der Waals surface area (Å²) in [6.45, 7) is 4.34. The third-order valence-corrected chi connectivity index (χ3v) is 7.55. The van der Waals surface area contributed by atoms with Crippen molar-refractivity contribution in [2.75, 3.05) is 32.1 Å². The maximum atomic E-state index is 15.1. The molecule has 9 nitrogen and oxygen atoms in total. The van der Waals surface area contributed by atoms with Gasteiger partial charge in [-0.15, -0.1) is 0 Å². The lowest BCUT2D eigenvalue weighted by Crippen LogP contribution is -2.45. The number of fused-ring (bicyclic) bond motifs is 1. The van der Waals surface area contributed by atoms with Crippen molar-refractivity contribution in [3.8, 4) is 0 Å². The van der Waals surface area contributed by atoms with Crippen LogP contribution in [0.5, 0.6) is 0 Å². The molecule has 1 aromatic carbocycles. The fourth-order valence-electron chi connectivity index (χ4n) is 5.22. The van der Waals surface area contributed by atoms with Gasteiger partial charge in [0.15, 0.2) is 5.82 Å². The first-order valence-corrected chi connectivity index (χ1v) is 12.6. The van der Waals surface area contributed by atoms with Crippen LogP contribution < -0.4 is 10.9 Å². The number of aryl methyl sites for hydroxylation is 2. The van der Waals surface area contributed by atoms with Crippen LogP contribution in [-0.4, -0.2) is 57.5 Å². The van der Waals surface area contributed by atoms with Gasteiger partial charge in [0, 0.05) is 51.0 Å². The van der Waals surface area contributed by atoms with Crippen LogP contribution in [0.1, 0.15) is 55.1 Å². The first-order valence-electron chi connectivity index (χ1n) is 12.6. The Morgan fingerprint density at radius 3 is 2.56 bits per heavy atom. The fraction of sp³-hybridized carbons (Fsp3) is 0.481. The summed E-state index contributed by atoms with van der Waals surface area (Å²) in [6, 6.07) is 4.53. The lowest BCUT2D eigenvalue weighted by molar-refractivity contribution is -0.135. The molecule has 1 saturated heterocycles. The monoisotopic (exact) mass is 547 g/mol. The molecular weight excluding hydrogens is 515 g/mol. The van der Waals surface area contributed by atoms with E-state index in [0.29, 0.717) is 37.0 Å². The summed E-state index contributed by atoms with van der Waals surface area (Å²) in [7, 11) is 3.05. The maximum Gasteiger partial charge on any atom is 0.298 e. The van der Waals surface area contributed by atoms with Gasteiger partial charge in [-0.3, -0.25) is 9.59 Å². The summed E-state index contributed by atoms with van der Waals surface area (Å²) in [6.07, 6.45) is 1.04. The van der Waals surface area contributed by atoms with E-state index in [1.54, 1.807) is 31.9 Å². The number of amides is 1. The van der Waals surface area contributed by atoms with Crippen LogP contribution in [0, 0.1) is 12.7 Å². The molecule has 1 fully saturated rings. The topological polar surface area (TPSA) is 110 Å². The predicted octanol–water partition coefficient (Wildman–Crippen LogP) is 3.52. The second-order valence-corrected chi connectivity index (χ2v) is 9.94. The molecule has 2 N–H and O–H groups in total. The van der Waals surface area contributed by atoms with E-state index in [9.17, 15) is 18.4 Å². The van der Waals surface area contributed by atoms with Crippen molar-refractivity contribution in [2.24, 2.45) is 7.05 Å². The number of hydrogen-bond donors (Lipinski definition) is 2. The van der Waals surface area contributed by atoms with E-state index in [4.69, 9.17) is 9.84 Å². The summed E-state index contributed by atoms with van der Waals surface area (Å²) in [5.74, 6) is -4.70. The molecule has 1 atom stereocenters. The lowest BCUT2D eigenvalue weighted by Gasteiger charge is -2.41. The van der Waals surface area contributed by atoms with Gasteiger partial charge in [0.2, 0.25) is 5.91 Å². The summed E-state index contributed by atoms with van der Waals surface area (Å²) in [5.41, 5.74) is -0.696. The molecular formula is C27H32F3N5O4. The number of hydrogen-bond acceptors (Lipinski definition) is 7. The summed E-state index contributed by atoms with van der Waals surface area (Å²) in [4.78, 5) is 31.2. The molecule has 39 heavy (non-hydrogen) atoms. The molecule has 4 rings (SSSR count). The van der Waals surface area contributed by atoms with Gasteiger partial charge in [-0.05, 0) is 38.8 Å². The number of alkyl halides is 2. The van der Waals surface area contributed by atoms with Gasteiger partial charge in [-0.25, -0.2) is 14.1 Å². The van der Waals surface area contributed by atoms with Crippen LogP contribution in [0.3, 0.4) is 0 Å². The Balaban J connectivity index is 1.80. The molecule has 1 amide bonds. The normalized spacial score (nSPS) is 16.4. The third kappa shape index (κ3) is 5.10. The third-order valence-electron chi connectivity index (χ3n) is 7.55. The fourth-order valence-corrected chi connectivity index (χ4v) is 5.22. The minimum atomic E-state index is -3.75. The van der Waals surface area contributed by atoms with Crippen molar-refractivity contribution in [1.29, 1.82) is 0 Å². The van der Waals surface area contributed by atoms with Crippen LogP contribution in [-0.2, 0) is 28.1 Å². The zero-order valence-corrected chi connectivity index (χ0v) is 22.5. The molecule has 0 spiro atoms. The first-order chi connectivity index (χ1) is 18.3. The van der Waals surface area contributed by atoms with Crippen molar-refractivity contribution in [3.63, 3.8) is 0 Å². The molecule has 0 saturated carbocycles. The molecule has 0 aliphatic carbocycles. The average Bonchev–Trinajstić information content (AvgIpc) is 2.91. The molecule has 210 valence electrons. The molecule has 3 heterocycles. The zero-order chi connectivity index (χ0) is 28.7. The molecule has 12 heteroatoms. The summed E-state index contributed by atoms with van der Waals surface area (Å²) >= 11 is 0. The average molecular weight is 548 g/mol. The number of halogens is 3. The Labute approximate surface area is 223 Å². The Bertz CT molecular complexity index is 1470. The number of anilines is 1. The minimum absolute atomic E-state index is 0.0192. The highest BCUT2D eigenvalue weighted by Crippen LogP contribution is 2.40. The standard InChI is InChI=1S/C27H32F3N5O4/c1-15(18-7-6-8-20(22(18)28)27(29,30)14-36)32-24-19-13-21(16(2)31-23(19)25(38)34(4)33-24)26(39-5)9-11-35(12-10-26)17(3)37/h6-8,13,15,36H,9-12,14H2,1-5H3,(H,32,33)/t15-/m1/s1. The Morgan fingerprint density at radius 2 is 1.97 bits per heavy atom. The Kier molecular flexibility index (Phi) is 7.72. The Hall–Kier alpha value is -3.51. The van der Waals surface area contributed by atoms with Gasteiger partial charge in [-0.1, -0.05) is 12.1 Å². The van der Waals surface area contributed by atoms with E-state index in [2.05, 4.69) is 15.4 Å². The molecule has 1 aliphatic heterocycles. The van der Waals surface area contributed by atoms with Gasteiger partial charge in [0.25, 0.3) is 11.5 Å². The van der Waals surface area contributed by atoms with E-state index >= 15 is 4.39 Å². The molecule has 3 aromatic rings. The van der Waals surface area contributed by atoms with E-state index in [0.717, 1.165) is 16.3 Å². The number of aromatic nitrogens is 3. The van der Waals surface area contributed by atoms with Gasteiger partial charge in [-0.2, -0.15) is 13.9 Å². The molecule has 0 bridgehead atoms. The molecule has 1 aliphatic rings. The molecule has 0 radical (unpaired) electrons. The van der Waals surface area contributed by atoms with Gasteiger partial charge >= 0.3 is 0 Å². The summed E-state index contributed by atoms with van der Waals surface area (Å²) < 4.78 is 50.5. The lowest BCUT2D eigenvalue weighted by atomic mass is 9.82. The van der Waals surface area contributed by atoms with Gasteiger partial charge in [0.1, 0.15) is 17.9 Å². The van der Waals surface area contributed by atoms with Gasteiger partial charge < -0.3 is 20.1 Å². The SMILES string of the molecule is COC1(c2cc3c(N[C@H](C)c4cccc(C(F)(F)CO)c4F)nn(C)c(=O)c3nc2C)CCN(C(C)=O)CC1. The number of carbonyl (C=O) groups excluding carboxylic acids is 1.